The molecule has 0 atom stereocenters. The van der Waals surface area contributed by atoms with E-state index in [0.717, 1.165) is 11.4 Å². The number of carbonyl (C=O) groups is 2. The van der Waals surface area contributed by atoms with Crippen molar-refractivity contribution in [2.24, 2.45) is 0 Å². The number of hydrogen-bond acceptors (Lipinski definition) is 5. The van der Waals surface area contributed by atoms with Gasteiger partial charge in [0.2, 0.25) is 0 Å². The highest BCUT2D eigenvalue weighted by molar-refractivity contribution is 5.96. The molecule has 0 aliphatic carbocycles. The van der Waals surface area contributed by atoms with Gasteiger partial charge in [-0.3, -0.25) is 4.79 Å². The van der Waals surface area contributed by atoms with Gasteiger partial charge in [-0.25, -0.2) is 9.48 Å². The van der Waals surface area contributed by atoms with Crippen LogP contribution in [0.1, 0.15) is 21.7 Å². The van der Waals surface area contributed by atoms with Crippen LogP contribution in [0.3, 0.4) is 0 Å². The Morgan fingerprint density at radius 1 is 1.11 bits per heavy atom. The van der Waals surface area contributed by atoms with Gasteiger partial charge in [-0.15, -0.1) is 0 Å². The van der Waals surface area contributed by atoms with Gasteiger partial charge < -0.3 is 15.2 Å². The third-order valence-corrected chi connectivity index (χ3v) is 3.97. The molecule has 27 heavy (non-hydrogen) atoms. The average molecular weight is 365 g/mol. The fourth-order valence-electron chi connectivity index (χ4n) is 2.67. The van der Waals surface area contributed by atoms with Crippen molar-refractivity contribution in [2.45, 2.75) is 13.8 Å². The first-order valence-corrected chi connectivity index (χ1v) is 8.33. The minimum absolute atomic E-state index is 0.0477. The van der Waals surface area contributed by atoms with E-state index in [9.17, 15) is 14.7 Å². The maximum atomic E-state index is 12.2. The number of nitrogens with one attached hydrogen (secondary N) is 1. The number of benzene rings is 2. The second-order valence-electron chi connectivity index (χ2n) is 5.97. The van der Waals surface area contributed by atoms with E-state index in [2.05, 4.69) is 10.4 Å². The Kier molecular flexibility index (Phi) is 5.21. The molecule has 1 aromatic heterocycles. The molecule has 1 amide bonds. The van der Waals surface area contributed by atoms with Gasteiger partial charge in [0.25, 0.3) is 5.91 Å². The molecule has 1 heterocycles. The number of phenolic OH excluding ortho intramolecular Hbond substituents is 1. The smallest absolute Gasteiger partial charge is 0.338 e. The number of rotatable bonds is 5. The van der Waals surface area contributed by atoms with Crippen LogP contribution < -0.4 is 5.32 Å². The van der Waals surface area contributed by atoms with E-state index in [1.165, 1.54) is 24.3 Å². The molecule has 7 heteroatoms. The molecule has 0 aliphatic heterocycles. The summed E-state index contributed by atoms with van der Waals surface area (Å²) in [6.45, 7) is 3.20. The van der Waals surface area contributed by atoms with Crippen molar-refractivity contribution >= 4 is 17.6 Å². The molecule has 0 bridgehead atoms. The van der Waals surface area contributed by atoms with Gasteiger partial charge in [-0.1, -0.05) is 24.3 Å². The second-order valence-corrected chi connectivity index (χ2v) is 5.97. The molecule has 7 nitrogen and oxygen atoms in total. The van der Waals surface area contributed by atoms with Crippen LogP contribution in [0.5, 0.6) is 5.75 Å². The minimum Gasteiger partial charge on any atom is -0.508 e. The van der Waals surface area contributed by atoms with Gasteiger partial charge >= 0.3 is 5.97 Å². The molecular weight excluding hydrogens is 346 g/mol. The second kappa shape index (κ2) is 7.74. The number of aromatic nitrogens is 2. The predicted molar refractivity (Wildman–Crippen MR) is 100 cm³/mol. The number of amides is 1. The molecule has 0 aliphatic rings. The van der Waals surface area contributed by atoms with Crippen LogP contribution in [0.25, 0.3) is 5.69 Å². The molecular formula is C20H19N3O4. The largest absolute Gasteiger partial charge is 0.508 e. The van der Waals surface area contributed by atoms with Crippen molar-refractivity contribution in [1.29, 1.82) is 0 Å². The first-order valence-electron chi connectivity index (χ1n) is 8.33. The molecule has 0 saturated heterocycles. The Hall–Kier alpha value is -3.61. The van der Waals surface area contributed by atoms with Crippen molar-refractivity contribution in [3.8, 4) is 11.4 Å². The Balaban J connectivity index is 1.66. The van der Waals surface area contributed by atoms with E-state index >= 15 is 0 Å². The van der Waals surface area contributed by atoms with Crippen LogP contribution in [-0.4, -0.2) is 33.4 Å². The number of nitrogens with zero attached hydrogens (tertiary/aromatic N) is 2. The molecule has 0 fully saturated rings. The zero-order valence-corrected chi connectivity index (χ0v) is 15.0. The fraction of sp³-hybridized carbons (Fsp3) is 0.150. The molecule has 138 valence electrons. The number of esters is 1. The van der Waals surface area contributed by atoms with E-state index in [-0.39, 0.29) is 11.3 Å². The highest BCUT2D eigenvalue weighted by Crippen LogP contribution is 2.22. The maximum Gasteiger partial charge on any atom is 0.338 e. The molecule has 2 N–H and O–H groups in total. The van der Waals surface area contributed by atoms with Crippen LogP contribution in [-0.2, 0) is 9.53 Å². The first-order chi connectivity index (χ1) is 13.0. The standard InChI is InChI=1S/C20H19N3O4/c1-13-19(14(2)23(22-13)16-8-4-3-5-9-16)21-18(25)12-27-20(26)15-7-6-10-17(24)11-15/h3-11,24H,12H2,1-2H3,(H,21,25). The van der Waals surface area contributed by atoms with Crippen molar-refractivity contribution in [3.05, 3.63) is 71.5 Å². The number of carbonyl (C=O) groups excluding carboxylic acids is 2. The minimum atomic E-state index is -0.686. The monoisotopic (exact) mass is 365 g/mol. The lowest BCUT2D eigenvalue weighted by Gasteiger charge is -2.08. The van der Waals surface area contributed by atoms with Crippen LogP contribution >= 0.6 is 0 Å². The number of phenols is 1. The number of aromatic hydroxyl groups is 1. The van der Waals surface area contributed by atoms with Crippen molar-refractivity contribution in [3.63, 3.8) is 0 Å². The van der Waals surface area contributed by atoms with E-state index in [4.69, 9.17) is 4.74 Å². The summed E-state index contributed by atoms with van der Waals surface area (Å²) < 4.78 is 6.74. The normalized spacial score (nSPS) is 10.4. The number of aryl methyl sites for hydroxylation is 1. The predicted octanol–water partition coefficient (Wildman–Crippen LogP) is 2.99. The van der Waals surface area contributed by atoms with Gasteiger partial charge in [0.1, 0.15) is 5.75 Å². The van der Waals surface area contributed by atoms with E-state index in [1.54, 1.807) is 11.6 Å². The maximum absolute atomic E-state index is 12.2. The fourth-order valence-corrected chi connectivity index (χ4v) is 2.67. The van der Waals surface area contributed by atoms with Crippen molar-refractivity contribution < 1.29 is 19.4 Å². The van der Waals surface area contributed by atoms with Crippen LogP contribution in [0.2, 0.25) is 0 Å². The Bertz CT molecular complexity index is 980. The number of hydrogen-bond donors (Lipinski definition) is 2. The average Bonchev–Trinajstić information content (AvgIpc) is 2.95. The van der Waals surface area contributed by atoms with Crippen LogP contribution in [0.4, 0.5) is 5.69 Å². The van der Waals surface area contributed by atoms with E-state index in [0.29, 0.717) is 11.4 Å². The highest BCUT2D eigenvalue weighted by Gasteiger charge is 2.16. The third kappa shape index (κ3) is 4.14. The summed E-state index contributed by atoms with van der Waals surface area (Å²) in [5.74, 6) is -1.20. The lowest BCUT2D eigenvalue weighted by atomic mass is 10.2. The number of para-hydroxylation sites is 1. The van der Waals surface area contributed by atoms with Crippen molar-refractivity contribution in [2.75, 3.05) is 11.9 Å². The molecule has 0 unspecified atom stereocenters. The van der Waals surface area contributed by atoms with Gasteiger partial charge in [0, 0.05) is 0 Å². The lowest BCUT2D eigenvalue weighted by Crippen LogP contribution is -2.21. The van der Waals surface area contributed by atoms with Gasteiger partial charge in [0.05, 0.1) is 28.3 Å². The summed E-state index contributed by atoms with van der Waals surface area (Å²) in [5, 5.41) is 16.6. The summed E-state index contributed by atoms with van der Waals surface area (Å²) >= 11 is 0. The summed E-state index contributed by atoms with van der Waals surface area (Å²) in [6, 6.07) is 15.3. The first kappa shape index (κ1) is 18.2. The summed E-state index contributed by atoms with van der Waals surface area (Å²) in [5.41, 5.74) is 3.06. The van der Waals surface area contributed by atoms with Gasteiger partial charge in [-0.05, 0) is 44.2 Å². The molecule has 3 aromatic rings. The SMILES string of the molecule is Cc1nn(-c2ccccc2)c(C)c1NC(=O)COC(=O)c1cccc(O)c1. The molecule has 0 radical (unpaired) electrons. The third-order valence-electron chi connectivity index (χ3n) is 3.97. The van der Waals surface area contributed by atoms with Gasteiger partial charge in [0.15, 0.2) is 6.61 Å². The van der Waals surface area contributed by atoms with Crippen molar-refractivity contribution in [1.82, 2.24) is 9.78 Å². The number of ether oxygens (including phenoxy) is 1. The zero-order chi connectivity index (χ0) is 19.4. The zero-order valence-electron chi connectivity index (χ0n) is 15.0. The molecule has 0 spiro atoms. The van der Waals surface area contributed by atoms with Crippen LogP contribution in [0, 0.1) is 13.8 Å². The highest BCUT2D eigenvalue weighted by atomic mass is 16.5. The Morgan fingerprint density at radius 2 is 1.85 bits per heavy atom. The van der Waals surface area contributed by atoms with E-state index < -0.39 is 18.5 Å². The number of anilines is 1. The Labute approximate surface area is 156 Å². The summed E-state index contributed by atoms with van der Waals surface area (Å²) in [7, 11) is 0. The quantitative estimate of drug-likeness (QED) is 0.678. The molecule has 3 rings (SSSR count). The molecule has 0 saturated carbocycles. The molecule has 2 aromatic carbocycles. The topological polar surface area (TPSA) is 93.5 Å². The lowest BCUT2D eigenvalue weighted by molar-refractivity contribution is -0.119. The summed E-state index contributed by atoms with van der Waals surface area (Å²) in [6.07, 6.45) is 0. The Morgan fingerprint density at radius 3 is 2.56 bits per heavy atom. The summed E-state index contributed by atoms with van der Waals surface area (Å²) in [4.78, 5) is 24.1. The van der Waals surface area contributed by atoms with Gasteiger partial charge in [-0.2, -0.15) is 5.10 Å². The van der Waals surface area contributed by atoms with E-state index in [1.807, 2.05) is 37.3 Å². The van der Waals surface area contributed by atoms with Crippen LogP contribution in [0.15, 0.2) is 54.6 Å².